The fraction of sp³-hybridized carbons (Fsp3) is 0.348. The highest BCUT2D eigenvalue weighted by atomic mass is 16.5. The third-order valence-corrected chi connectivity index (χ3v) is 5.80. The van der Waals surface area contributed by atoms with E-state index in [1.807, 2.05) is 18.3 Å². The second-order valence-corrected chi connectivity index (χ2v) is 8.26. The Hall–Kier alpha value is -3.95. The summed E-state index contributed by atoms with van der Waals surface area (Å²) >= 11 is 0. The number of nitrogens with two attached hydrogens (primary N) is 1. The number of hydrogen-bond donors (Lipinski definition) is 2. The van der Waals surface area contributed by atoms with Crippen LogP contribution in [-0.4, -0.2) is 41.6 Å². The van der Waals surface area contributed by atoms with Crippen molar-refractivity contribution >= 4 is 11.8 Å². The Kier molecular flexibility index (Phi) is 6.25. The van der Waals surface area contributed by atoms with Gasteiger partial charge in [-0.1, -0.05) is 32.0 Å². The number of pyridine rings is 1. The highest BCUT2D eigenvalue weighted by molar-refractivity contribution is 5.57. The van der Waals surface area contributed by atoms with Gasteiger partial charge in [0.25, 0.3) is 5.89 Å². The second-order valence-electron chi connectivity index (χ2n) is 8.26. The maximum Gasteiger partial charge on any atom is 0.278 e. The molecule has 10 heteroatoms. The number of aromatic nitrogens is 7. The molecule has 0 saturated carbocycles. The van der Waals surface area contributed by atoms with Gasteiger partial charge in [0, 0.05) is 30.7 Å². The maximum absolute atomic E-state index is 5.58. The molecule has 4 aromatic heterocycles. The van der Waals surface area contributed by atoms with E-state index in [-0.39, 0.29) is 11.9 Å². The van der Waals surface area contributed by atoms with E-state index in [4.69, 9.17) is 10.3 Å². The molecule has 0 aliphatic heterocycles. The van der Waals surface area contributed by atoms with Crippen molar-refractivity contribution < 1.29 is 4.52 Å². The third kappa shape index (κ3) is 4.50. The van der Waals surface area contributed by atoms with Crippen LogP contribution in [0.5, 0.6) is 0 Å². The first-order valence-electron chi connectivity index (χ1n) is 10.9. The lowest BCUT2D eigenvalue weighted by atomic mass is 9.73. The van der Waals surface area contributed by atoms with Crippen LogP contribution < -0.4 is 11.1 Å². The van der Waals surface area contributed by atoms with Gasteiger partial charge in [-0.2, -0.15) is 4.98 Å². The van der Waals surface area contributed by atoms with E-state index in [0.29, 0.717) is 23.2 Å². The summed E-state index contributed by atoms with van der Waals surface area (Å²) in [6, 6.07) is 3.95. The summed E-state index contributed by atoms with van der Waals surface area (Å²) < 4.78 is 5.56. The largest absolute Gasteiger partial charge is 0.369 e. The average molecular weight is 446 g/mol. The smallest absolute Gasteiger partial charge is 0.278 e. The Bertz CT molecular complexity index is 1190. The molecule has 0 aliphatic carbocycles. The van der Waals surface area contributed by atoms with Crippen LogP contribution in [-0.2, 0) is 5.41 Å². The van der Waals surface area contributed by atoms with E-state index in [1.165, 1.54) is 0 Å². The van der Waals surface area contributed by atoms with Gasteiger partial charge in [0.1, 0.15) is 11.5 Å². The molecule has 0 spiro atoms. The Balaban J connectivity index is 1.61. The van der Waals surface area contributed by atoms with E-state index in [0.717, 1.165) is 29.8 Å². The molecule has 0 saturated heterocycles. The number of rotatable bonds is 8. The molecular weight excluding hydrogens is 418 g/mol. The second kappa shape index (κ2) is 9.27. The van der Waals surface area contributed by atoms with E-state index >= 15 is 0 Å². The van der Waals surface area contributed by atoms with Crippen molar-refractivity contribution in [2.24, 2.45) is 5.92 Å². The number of nitrogens with zero attached hydrogens (tertiary/aromatic N) is 7. The van der Waals surface area contributed by atoms with Crippen LogP contribution in [0, 0.1) is 5.92 Å². The predicted octanol–water partition coefficient (Wildman–Crippen LogP) is 3.74. The van der Waals surface area contributed by atoms with Crippen molar-refractivity contribution in [2.75, 3.05) is 17.6 Å². The zero-order valence-corrected chi connectivity index (χ0v) is 19.1. The molecule has 0 aromatic carbocycles. The molecule has 1 atom stereocenters. The molecular formula is C23H27N9O. The van der Waals surface area contributed by atoms with Crippen molar-refractivity contribution in [2.45, 2.75) is 39.5 Å². The molecule has 33 heavy (non-hydrogen) atoms. The Morgan fingerprint density at radius 2 is 1.73 bits per heavy atom. The lowest BCUT2D eigenvalue weighted by molar-refractivity contribution is 0.350. The SMILES string of the molecule is CCCNc1cnc(-c2nc(C(C)(c3ccc(-c4cnc(N)nc4)nc3)C(C)C)no2)cn1. The summed E-state index contributed by atoms with van der Waals surface area (Å²) in [5.74, 6) is 2.00. The molecule has 1 unspecified atom stereocenters. The summed E-state index contributed by atoms with van der Waals surface area (Å²) in [6.45, 7) is 9.25. The van der Waals surface area contributed by atoms with Crippen LogP contribution in [0.1, 0.15) is 45.5 Å². The maximum atomic E-state index is 5.58. The van der Waals surface area contributed by atoms with Crippen molar-refractivity contribution in [3.05, 3.63) is 54.5 Å². The van der Waals surface area contributed by atoms with E-state index in [9.17, 15) is 0 Å². The zero-order chi connectivity index (χ0) is 23.4. The average Bonchev–Trinajstić information content (AvgIpc) is 3.34. The van der Waals surface area contributed by atoms with Gasteiger partial charge in [-0.3, -0.25) is 4.98 Å². The molecule has 0 radical (unpaired) electrons. The van der Waals surface area contributed by atoms with Gasteiger partial charge >= 0.3 is 0 Å². The number of anilines is 2. The summed E-state index contributed by atoms with van der Waals surface area (Å²) in [4.78, 5) is 26.1. The fourth-order valence-corrected chi connectivity index (χ4v) is 3.38. The lowest BCUT2D eigenvalue weighted by Crippen LogP contribution is -2.31. The molecule has 4 rings (SSSR count). The van der Waals surface area contributed by atoms with Gasteiger partial charge in [0.05, 0.1) is 23.5 Å². The first-order valence-corrected chi connectivity index (χ1v) is 10.9. The molecule has 0 fully saturated rings. The molecule has 0 bridgehead atoms. The monoisotopic (exact) mass is 445 g/mol. The van der Waals surface area contributed by atoms with E-state index < -0.39 is 5.41 Å². The summed E-state index contributed by atoms with van der Waals surface area (Å²) in [5, 5.41) is 7.49. The topological polar surface area (TPSA) is 141 Å². The van der Waals surface area contributed by atoms with Crippen LogP contribution >= 0.6 is 0 Å². The fourth-order valence-electron chi connectivity index (χ4n) is 3.38. The van der Waals surface area contributed by atoms with Crippen LogP contribution in [0.2, 0.25) is 0 Å². The number of nitrogens with one attached hydrogen (secondary N) is 1. The van der Waals surface area contributed by atoms with Gasteiger partial charge in [-0.25, -0.2) is 19.9 Å². The Morgan fingerprint density at radius 1 is 0.970 bits per heavy atom. The minimum absolute atomic E-state index is 0.169. The van der Waals surface area contributed by atoms with Gasteiger partial charge < -0.3 is 15.6 Å². The molecule has 0 amide bonds. The van der Waals surface area contributed by atoms with Crippen molar-refractivity contribution in [1.29, 1.82) is 0 Å². The third-order valence-electron chi connectivity index (χ3n) is 5.80. The van der Waals surface area contributed by atoms with Gasteiger partial charge in [0.2, 0.25) is 5.95 Å². The first kappa shape index (κ1) is 22.3. The van der Waals surface area contributed by atoms with Crippen LogP contribution in [0.15, 0.2) is 47.6 Å². The summed E-state index contributed by atoms with van der Waals surface area (Å²) in [7, 11) is 0. The van der Waals surface area contributed by atoms with Gasteiger partial charge in [-0.15, -0.1) is 0 Å². The Morgan fingerprint density at radius 3 is 2.33 bits per heavy atom. The zero-order valence-electron chi connectivity index (χ0n) is 19.1. The van der Waals surface area contributed by atoms with E-state index in [2.05, 4.69) is 68.1 Å². The van der Waals surface area contributed by atoms with Gasteiger partial charge in [0.15, 0.2) is 5.82 Å². The van der Waals surface area contributed by atoms with Gasteiger partial charge in [-0.05, 0) is 30.9 Å². The van der Waals surface area contributed by atoms with Crippen LogP contribution in [0.3, 0.4) is 0 Å². The van der Waals surface area contributed by atoms with Crippen LogP contribution in [0.25, 0.3) is 22.8 Å². The lowest BCUT2D eigenvalue weighted by Gasteiger charge is -2.30. The highest BCUT2D eigenvalue weighted by Gasteiger charge is 2.38. The normalized spacial score (nSPS) is 13.1. The molecule has 3 N–H and O–H groups in total. The molecule has 4 aromatic rings. The van der Waals surface area contributed by atoms with Crippen molar-refractivity contribution in [1.82, 2.24) is 35.1 Å². The molecule has 10 nitrogen and oxygen atoms in total. The van der Waals surface area contributed by atoms with Crippen LogP contribution in [0.4, 0.5) is 11.8 Å². The van der Waals surface area contributed by atoms with Crippen molar-refractivity contribution in [3.63, 3.8) is 0 Å². The number of hydrogen-bond acceptors (Lipinski definition) is 10. The molecule has 170 valence electrons. The standard InChI is InChI=1S/C23H27N9O/c1-5-8-25-19-13-27-18(12-28-19)20-31-21(32-33-20)23(4,14(2)3)16-6-7-17(26-11-16)15-9-29-22(24)30-10-15/h6-7,9-14H,5,8H2,1-4H3,(H,25,28)(H2,24,29,30). The quantitative estimate of drug-likeness (QED) is 0.412. The number of nitrogen functional groups attached to an aromatic ring is 1. The molecule has 0 aliphatic rings. The van der Waals surface area contributed by atoms with E-state index in [1.54, 1.807) is 24.8 Å². The van der Waals surface area contributed by atoms with Crippen molar-refractivity contribution in [3.8, 4) is 22.8 Å². The predicted molar refractivity (Wildman–Crippen MR) is 125 cm³/mol. The summed E-state index contributed by atoms with van der Waals surface area (Å²) in [5.41, 5.74) is 8.09. The minimum atomic E-state index is -0.527. The minimum Gasteiger partial charge on any atom is -0.369 e. The molecule has 4 heterocycles. The first-order chi connectivity index (χ1) is 15.9. The summed E-state index contributed by atoms with van der Waals surface area (Å²) in [6.07, 6.45) is 9.44. The Labute approximate surface area is 192 Å². The highest BCUT2D eigenvalue weighted by Crippen LogP contribution is 2.38.